The number of rotatable bonds is 18. The van der Waals surface area contributed by atoms with Gasteiger partial charge in [0.2, 0.25) is 0 Å². The molecule has 2 atom stereocenters. The summed E-state index contributed by atoms with van der Waals surface area (Å²) in [6, 6.07) is 0. The summed E-state index contributed by atoms with van der Waals surface area (Å²) in [5.74, 6) is 0. The van der Waals surface area contributed by atoms with Crippen LogP contribution in [0.4, 0.5) is 0 Å². The van der Waals surface area contributed by atoms with Gasteiger partial charge in [0.15, 0.2) is 0 Å². The van der Waals surface area contributed by atoms with Crippen LogP contribution in [0.3, 0.4) is 0 Å². The first-order valence-electron chi connectivity index (χ1n) is 10.5. The SMILES string of the molecule is CCCCCCCC(CCCCCCC(O)CCCCC)S(=O)(=O)[O-].[Na+]. The molecule has 0 radical (unpaired) electrons. The van der Waals surface area contributed by atoms with Crippen LogP contribution in [0.25, 0.3) is 0 Å². The fourth-order valence-corrected chi connectivity index (χ4v) is 4.20. The molecular formula is C20H41NaO4S. The summed E-state index contributed by atoms with van der Waals surface area (Å²) in [6.45, 7) is 4.31. The Labute approximate surface area is 185 Å². The van der Waals surface area contributed by atoms with Crippen LogP contribution in [0.2, 0.25) is 0 Å². The molecule has 0 aliphatic heterocycles. The molecule has 0 saturated carbocycles. The predicted octanol–water partition coefficient (Wildman–Crippen LogP) is 2.55. The third-order valence-electron chi connectivity index (χ3n) is 4.99. The quantitative estimate of drug-likeness (QED) is 0.218. The monoisotopic (exact) mass is 400 g/mol. The molecule has 2 unspecified atom stereocenters. The van der Waals surface area contributed by atoms with E-state index in [4.69, 9.17) is 0 Å². The van der Waals surface area contributed by atoms with Crippen molar-refractivity contribution in [1.82, 2.24) is 0 Å². The summed E-state index contributed by atoms with van der Waals surface area (Å²) in [4.78, 5) is 0. The maximum absolute atomic E-state index is 11.4. The Hall–Kier alpha value is 0.870. The smallest absolute Gasteiger partial charge is 0.748 e. The van der Waals surface area contributed by atoms with Crippen molar-refractivity contribution in [3.63, 3.8) is 0 Å². The number of unbranched alkanes of at least 4 members (excludes halogenated alkanes) is 9. The zero-order valence-corrected chi connectivity index (χ0v) is 20.4. The summed E-state index contributed by atoms with van der Waals surface area (Å²) in [5, 5.41) is 9.17. The molecule has 0 heterocycles. The van der Waals surface area contributed by atoms with Crippen molar-refractivity contribution < 1.29 is 47.6 Å². The molecule has 4 nitrogen and oxygen atoms in total. The van der Waals surface area contributed by atoms with Gasteiger partial charge in [-0.05, 0) is 25.7 Å². The number of aliphatic hydroxyl groups is 1. The Balaban J connectivity index is 0. The molecule has 0 aromatic carbocycles. The molecule has 0 aliphatic carbocycles. The second kappa shape index (κ2) is 19.2. The topological polar surface area (TPSA) is 77.4 Å². The van der Waals surface area contributed by atoms with Crippen LogP contribution in [-0.2, 0) is 10.1 Å². The molecule has 0 amide bonds. The molecule has 0 aromatic heterocycles. The van der Waals surface area contributed by atoms with Crippen molar-refractivity contribution in [3.8, 4) is 0 Å². The van der Waals surface area contributed by atoms with E-state index in [2.05, 4.69) is 13.8 Å². The first kappa shape index (κ1) is 29.1. The van der Waals surface area contributed by atoms with Crippen LogP contribution in [0, 0.1) is 0 Å². The van der Waals surface area contributed by atoms with Gasteiger partial charge in [0.05, 0.1) is 16.2 Å². The summed E-state index contributed by atoms with van der Waals surface area (Å²) >= 11 is 0. The average Bonchev–Trinajstić information content (AvgIpc) is 2.55. The van der Waals surface area contributed by atoms with Gasteiger partial charge in [-0.1, -0.05) is 90.9 Å². The normalized spacial score (nSPS) is 14.0. The Morgan fingerprint density at radius 2 is 1.04 bits per heavy atom. The van der Waals surface area contributed by atoms with Crippen molar-refractivity contribution >= 4 is 10.1 Å². The molecular weight excluding hydrogens is 359 g/mol. The minimum absolute atomic E-state index is 0. The molecule has 152 valence electrons. The van der Waals surface area contributed by atoms with Gasteiger partial charge < -0.3 is 9.66 Å². The van der Waals surface area contributed by atoms with Gasteiger partial charge in [-0.2, -0.15) is 0 Å². The Kier molecular flexibility index (Phi) is 21.5. The fourth-order valence-electron chi connectivity index (χ4n) is 3.29. The first-order chi connectivity index (χ1) is 11.9. The maximum Gasteiger partial charge on any atom is 1.00 e. The van der Waals surface area contributed by atoms with Crippen LogP contribution >= 0.6 is 0 Å². The molecule has 0 rings (SSSR count). The van der Waals surface area contributed by atoms with E-state index in [0.29, 0.717) is 12.8 Å². The standard InChI is InChI=1S/C20H42O4S.Na/c1-3-5-7-8-13-17-20(25(22,23)24)18-14-10-9-12-16-19(21)15-11-6-4-2;/h19-21H,3-18H2,1-2H3,(H,22,23,24);/q;+1/p-1. The van der Waals surface area contributed by atoms with Crippen molar-refractivity contribution in [2.75, 3.05) is 0 Å². The molecule has 0 fully saturated rings. The Morgan fingerprint density at radius 3 is 1.46 bits per heavy atom. The molecule has 0 aromatic rings. The molecule has 26 heavy (non-hydrogen) atoms. The van der Waals surface area contributed by atoms with Crippen LogP contribution in [0.1, 0.15) is 117 Å². The van der Waals surface area contributed by atoms with Crippen molar-refractivity contribution in [1.29, 1.82) is 0 Å². The van der Waals surface area contributed by atoms with E-state index >= 15 is 0 Å². The van der Waals surface area contributed by atoms with E-state index in [1.54, 1.807) is 0 Å². The minimum atomic E-state index is -4.17. The van der Waals surface area contributed by atoms with E-state index < -0.39 is 15.4 Å². The molecule has 6 heteroatoms. The van der Waals surface area contributed by atoms with E-state index in [1.807, 2.05) is 0 Å². The van der Waals surface area contributed by atoms with Crippen molar-refractivity contribution in [2.24, 2.45) is 0 Å². The molecule has 0 saturated heterocycles. The predicted molar refractivity (Wildman–Crippen MR) is 105 cm³/mol. The first-order valence-corrected chi connectivity index (χ1v) is 12.0. The fraction of sp³-hybridized carbons (Fsp3) is 1.00. The third-order valence-corrected chi connectivity index (χ3v) is 6.28. The van der Waals surface area contributed by atoms with Crippen LogP contribution in [-0.4, -0.2) is 29.4 Å². The van der Waals surface area contributed by atoms with Gasteiger partial charge in [0.25, 0.3) is 0 Å². The third kappa shape index (κ3) is 18.2. The van der Waals surface area contributed by atoms with Crippen molar-refractivity contribution in [3.05, 3.63) is 0 Å². The zero-order valence-electron chi connectivity index (χ0n) is 17.5. The molecule has 1 N–H and O–H groups in total. The van der Waals surface area contributed by atoms with Gasteiger partial charge in [0, 0.05) is 5.25 Å². The summed E-state index contributed by atoms with van der Waals surface area (Å²) < 4.78 is 34.2. The summed E-state index contributed by atoms with van der Waals surface area (Å²) in [7, 11) is -4.17. The molecule has 0 bridgehead atoms. The maximum atomic E-state index is 11.4. The van der Waals surface area contributed by atoms with Crippen LogP contribution < -0.4 is 29.6 Å². The van der Waals surface area contributed by atoms with Gasteiger partial charge in [0.1, 0.15) is 0 Å². The molecule has 0 aliphatic rings. The van der Waals surface area contributed by atoms with Crippen LogP contribution in [0.5, 0.6) is 0 Å². The van der Waals surface area contributed by atoms with Gasteiger partial charge in [-0.15, -0.1) is 0 Å². The zero-order chi connectivity index (χ0) is 19.0. The van der Waals surface area contributed by atoms with Gasteiger partial charge in [-0.3, -0.25) is 0 Å². The van der Waals surface area contributed by atoms with E-state index in [-0.39, 0.29) is 35.7 Å². The van der Waals surface area contributed by atoms with E-state index in [0.717, 1.165) is 70.6 Å². The number of hydrogen-bond acceptors (Lipinski definition) is 4. The largest absolute Gasteiger partial charge is 1.00 e. The summed E-state index contributed by atoms with van der Waals surface area (Å²) in [6.07, 6.45) is 15.1. The summed E-state index contributed by atoms with van der Waals surface area (Å²) in [5.41, 5.74) is 0. The Bertz CT molecular complexity index is 387. The number of aliphatic hydroxyl groups excluding tert-OH is 1. The van der Waals surface area contributed by atoms with Gasteiger partial charge >= 0.3 is 29.6 Å². The van der Waals surface area contributed by atoms with E-state index in [1.165, 1.54) is 19.3 Å². The number of hydrogen-bond donors (Lipinski definition) is 1. The van der Waals surface area contributed by atoms with Gasteiger partial charge in [-0.25, -0.2) is 8.42 Å². The van der Waals surface area contributed by atoms with E-state index in [9.17, 15) is 18.1 Å². The van der Waals surface area contributed by atoms with Crippen LogP contribution in [0.15, 0.2) is 0 Å². The second-order valence-corrected chi connectivity index (χ2v) is 9.11. The van der Waals surface area contributed by atoms with Crippen molar-refractivity contribution in [2.45, 2.75) is 128 Å². The second-order valence-electron chi connectivity index (χ2n) is 7.46. The Morgan fingerprint density at radius 1 is 0.692 bits per heavy atom. The average molecular weight is 401 g/mol. The minimum Gasteiger partial charge on any atom is -0.748 e. The molecule has 0 spiro atoms.